The second-order valence-corrected chi connectivity index (χ2v) is 8.06. The summed E-state index contributed by atoms with van der Waals surface area (Å²) in [5, 5.41) is 9.38. The van der Waals surface area contributed by atoms with Gasteiger partial charge in [0.1, 0.15) is 5.60 Å². The van der Waals surface area contributed by atoms with Crippen LogP contribution < -0.4 is 16.0 Å². The minimum absolute atomic E-state index is 0. The van der Waals surface area contributed by atoms with E-state index in [9.17, 15) is 4.79 Å². The van der Waals surface area contributed by atoms with Crippen LogP contribution in [0, 0.1) is 0 Å². The van der Waals surface area contributed by atoms with E-state index in [4.69, 9.17) is 4.74 Å². The Morgan fingerprint density at radius 3 is 2.29 bits per heavy atom. The number of guanidine groups is 1. The summed E-state index contributed by atoms with van der Waals surface area (Å²) in [6, 6.07) is 0. The normalized spacial score (nSPS) is 16.7. The molecule has 0 spiro atoms. The lowest BCUT2D eigenvalue weighted by Gasteiger charge is -2.20. The van der Waals surface area contributed by atoms with Gasteiger partial charge in [0, 0.05) is 39.8 Å². The molecule has 1 aliphatic heterocycles. The topological polar surface area (TPSA) is 81.2 Å². The molecule has 0 bridgehead atoms. The molecule has 0 aromatic heterocycles. The highest BCUT2D eigenvalue weighted by Gasteiger charge is 2.15. The molecule has 1 rings (SSSR count). The summed E-state index contributed by atoms with van der Waals surface area (Å²) in [7, 11) is 3.97. The second-order valence-electron chi connectivity index (χ2n) is 8.06. The fourth-order valence-electron chi connectivity index (χ4n) is 2.85. The fourth-order valence-corrected chi connectivity index (χ4v) is 2.85. The quantitative estimate of drug-likeness (QED) is 0.199. The van der Waals surface area contributed by atoms with Crippen molar-refractivity contribution in [1.82, 2.24) is 25.8 Å². The molecule has 1 fully saturated rings. The minimum Gasteiger partial charge on any atom is -0.444 e. The van der Waals surface area contributed by atoms with E-state index in [2.05, 4.69) is 37.8 Å². The van der Waals surface area contributed by atoms with Gasteiger partial charge in [0.25, 0.3) is 0 Å². The molecular weight excluding hydrogens is 471 g/mol. The van der Waals surface area contributed by atoms with Crippen molar-refractivity contribution in [1.29, 1.82) is 0 Å². The molecule has 28 heavy (non-hydrogen) atoms. The first kappa shape index (κ1) is 27.2. The van der Waals surface area contributed by atoms with Crippen molar-refractivity contribution in [2.75, 3.05) is 66.5 Å². The van der Waals surface area contributed by atoms with E-state index in [-0.39, 0.29) is 30.1 Å². The van der Waals surface area contributed by atoms with Crippen LogP contribution in [-0.2, 0) is 4.74 Å². The maximum atomic E-state index is 11.6. The highest BCUT2D eigenvalue weighted by Crippen LogP contribution is 2.06. The van der Waals surface area contributed by atoms with E-state index in [1.165, 1.54) is 19.5 Å². The molecule has 0 aliphatic carbocycles. The van der Waals surface area contributed by atoms with Crippen LogP contribution in [0.15, 0.2) is 4.99 Å². The van der Waals surface area contributed by atoms with Crippen LogP contribution in [0.25, 0.3) is 0 Å². The van der Waals surface area contributed by atoms with Gasteiger partial charge in [-0.2, -0.15) is 0 Å². The van der Waals surface area contributed by atoms with Crippen LogP contribution in [0.2, 0.25) is 0 Å². The Kier molecular flexibility index (Phi) is 14.6. The number of carbonyl (C=O) groups is 1. The number of alkyl carbamates (subject to hydrolysis) is 1. The molecule has 0 radical (unpaired) electrons. The summed E-state index contributed by atoms with van der Waals surface area (Å²) in [5.74, 6) is 0.808. The standard InChI is InChI=1S/C19H40N6O2.HI/c1-19(2,3)27-18(26)23-10-6-9-21-17(20-4)22-11-7-13-25-14-8-12-24(5)15-16-25;/h6-16H2,1-5H3,(H,23,26)(H2,20,21,22);1H. The molecule has 3 N–H and O–H groups in total. The summed E-state index contributed by atoms with van der Waals surface area (Å²) in [5.41, 5.74) is -0.461. The SMILES string of the molecule is CN=C(NCCCNC(=O)OC(C)(C)C)NCCCN1CCCN(C)CC1.I. The van der Waals surface area contributed by atoms with Gasteiger partial charge >= 0.3 is 6.09 Å². The molecule has 0 aromatic rings. The van der Waals surface area contributed by atoms with E-state index in [0.29, 0.717) is 6.54 Å². The van der Waals surface area contributed by atoms with Gasteiger partial charge in [-0.05, 0) is 66.7 Å². The average molecular weight is 512 g/mol. The molecule has 1 aliphatic rings. The third-order valence-corrected chi connectivity index (χ3v) is 4.29. The van der Waals surface area contributed by atoms with Crippen LogP contribution in [0.3, 0.4) is 0 Å². The van der Waals surface area contributed by atoms with Crippen molar-refractivity contribution in [3.05, 3.63) is 0 Å². The Morgan fingerprint density at radius 1 is 1.00 bits per heavy atom. The number of likely N-dealkylation sites (N-methyl/N-ethyl adjacent to an activating group) is 1. The van der Waals surface area contributed by atoms with Crippen molar-refractivity contribution < 1.29 is 9.53 Å². The summed E-state index contributed by atoms with van der Waals surface area (Å²) >= 11 is 0. The molecular formula is C19H41IN6O2. The summed E-state index contributed by atoms with van der Waals surface area (Å²) in [6.45, 7) is 13.6. The lowest BCUT2D eigenvalue weighted by molar-refractivity contribution is 0.0527. The van der Waals surface area contributed by atoms with Gasteiger partial charge in [-0.15, -0.1) is 24.0 Å². The zero-order valence-corrected chi connectivity index (χ0v) is 20.7. The first-order valence-corrected chi connectivity index (χ1v) is 10.1. The van der Waals surface area contributed by atoms with Crippen molar-refractivity contribution in [3.63, 3.8) is 0 Å². The highest BCUT2D eigenvalue weighted by molar-refractivity contribution is 14.0. The van der Waals surface area contributed by atoms with E-state index >= 15 is 0 Å². The van der Waals surface area contributed by atoms with Crippen molar-refractivity contribution in [3.8, 4) is 0 Å². The van der Waals surface area contributed by atoms with Crippen molar-refractivity contribution in [2.24, 2.45) is 4.99 Å². The number of nitrogens with one attached hydrogen (secondary N) is 3. The Labute approximate surface area is 188 Å². The maximum Gasteiger partial charge on any atom is 0.407 e. The Morgan fingerprint density at radius 2 is 1.64 bits per heavy atom. The number of halogens is 1. The third-order valence-electron chi connectivity index (χ3n) is 4.29. The van der Waals surface area contributed by atoms with Gasteiger partial charge in [0.2, 0.25) is 0 Å². The minimum atomic E-state index is -0.461. The molecule has 166 valence electrons. The molecule has 1 heterocycles. The first-order chi connectivity index (χ1) is 12.8. The van der Waals surface area contributed by atoms with Crippen LogP contribution in [0.1, 0.15) is 40.0 Å². The van der Waals surface area contributed by atoms with E-state index < -0.39 is 5.60 Å². The number of ether oxygens (including phenoxy) is 1. The van der Waals surface area contributed by atoms with Crippen LogP contribution >= 0.6 is 24.0 Å². The number of hydrogen-bond acceptors (Lipinski definition) is 5. The molecule has 1 amide bonds. The lowest BCUT2D eigenvalue weighted by atomic mass is 10.2. The zero-order chi connectivity index (χ0) is 20.1. The molecule has 0 saturated carbocycles. The Hall–Kier alpha value is -0.810. The fraction of sp³-hybridized carbons (Fsp3) is 0.895. The molecule has 0 atom stereocenters. The monoisotopic (exact) mass is 512 g/mol. The Balaban J connectivity index is 0.00000729. The van der Waals surface area contributed by atoms with Gasteiger partial charge in [-0.25, -0.2) is 4.79 Å². The predicted molar refractivity (Wildman–Crippen MR) is 127 cm³/mol. The molecule has 0 aromatic carbocycles. The third kappa shape index (κ3) is 14.2. The van der Waals surface area contributed by atoms with E-state index in [1.54, 1.807) is 7.05 Å². The molecule has 0 unspecified atom stereocenters. The number of hydrogen-bond donors (Lipinski definition) is 3. The van der Waals surface area contributed by atoms with Gasteiger partial charge in [-0.1, -0.05) is 0 Å². The molecule has 9 heteroatoms. The predicted octanol–water partition coefficient (Wildman–Crippen LogP) is 1.71. The van der Waals surface area contributed by atoms with E-state index in [0.717, 1.165) is 51.5 Å². The summed E-state index contributed by atoms with van der Waals surface area (Å²) in [4.78, 5) is 20.8. The van der Waals surface area contributed by atoms with E-state index in [1.807, 2.05) is 20.8 Å². The van der Waals surface area contributed by atoms with Gasteiger partial charge in [0.15, 0.2) is 5.96 Å². The number of aliphatic imine (C=N–C) groups is 1. The highest BCUT2D eigenvalue weighted by atomic mass is 127. The smallest absolute Gasteiger partial charge is 0.407 e. The average Bonchev–Trinajstić information content (AvgIpc) is 2.79. The van der Waals surface area contributed by atoms with Crippen LogP contribution in [-0.4, -0.2) is 93.9 Å². The first-order valence-electron chi connectivity index (χ1n) is 10.1. The van der Waals surface area contributed by atoms with Gasteiger partial charge in [0.05, 0.1) is 0 Å². The van der Waals surface area contributed by atoms with Crippen LogP contribution in [0.5, 0.6) is 0 Å². The van der Waals surface area contributed by atoms with Gasteiger partial charge in [-0.3, -0.25) is 4.99 Å². The van der Waals surface area contributed by atoms with Crippen molar-refractivity contribution in [2.45, 2.75) is 45.6 Å². The lowest BCUT2D eigenvalue weighted by Crippen LogP contribution is -2.40. The Bertz CT molecular complexity index is 456. The molecule has 1 saturated heterocycles. The number of rotatable bonds is 8. The maximum absolute atomic E-state index is 11.6. The van der Waals surface area contributed by atoms with Crippen molar-refractivity contribution >= 4 is 36.0 Å². The number of nitrogens with zero attached hydrogens (tertiary/aromatic N) is 3. The summed E-state index contributed by atoms with van der Waals surface area (Å²) < 4.78 is 5.20. The van der Waals surface area contributed by atoms with Gasteiger partial charge < -0.3 is 30.5 Å². The number of amides is 1. The molecule has 8 nitrogen and oxygen atoms in total. The number of carbonyl (C=O) groups excluding carboxylic acids is 1. The van der Waals surface area contributed by atoms with Crippen LogP contribution in [0.4, 0.5) is 4.79 Å². The summed E-state index contributed by atoms with van der Waals surface area (Å²) in [6.07, 6.45) is 2.79. The largest absolute Gasteiger partial charge is 0.444 e. The zero-order valence-electron chi connectivity index (χ0n) is 18.3. The second kappa shape index (κ2) is 15.1.